The molecule has 0 amide bonds. The van der Waals surface area contributed by atoms with Gasteiger partial charge in [0.05, 0.1) is 16.1 Å². The molecule has 0 aliphatic heterocycles. The lowest BCUT2D eigenvalue weighted by Crippen LogP contribution is -2.26. The molecule has 12 heteroatoms. The van der Waals surface area contributed by atoms with Crippen molar-refractivity contribution in [2.24, 2.45) is 0 Å². The van der Waals surface area contributed by atoms with Gasteiger partial charge in [-0.3, -0.25) is 9.78 Å². The molecule has 3 rings (SSSR count). The summed E-state index contributed by atoms with van der Waals surface area (Å²) in [7, 11) is 0. The summed E-state index contributed by atoms with van der Waals surface area (Å²) in [6.45, 7) is 0. The van der Waals surface area contributed by atoms with E-state index in [-0.39, 0.29) is 5.56 Å². The van der Waals surface area contributed by atoms with Crippen molar-refractivity contribution >= 4 is 11.6 Å². The third kappa shape index (κ3) is 4.03. The maximum absolute atomic E-state index is 13.4. The maximum atomic E-state index is 13.4. The summed E-state index contributed by atoms with van der Waals surface area (Å²) in [5.41, 5.74) is -4.86. The van der Waals surface area contributed by atoms with Gasteiger partial charge in [-0.2, -0.15) is 31.4 Å². The summed E-state index contributed by atoms with van der Waals surface area (Å²) in [5, 5.41) is 3.09. The Morgan fingerprint density at radius 1 is 1.11 bits per heavy atom. The lowest BCUT2D eigenvalue weighted by molar-refractivity contribution is -0.142. The molecule has 1 N–H and O–H groups in total. The van der Waals surface area contributed by atoms with Crippen LogP contribution in [0.15, 0.2) is 41.5 Å². The van der Waals surface area contributed by atoms with Crippen molar-refractivity contribution in [2.75, 3.05) is 0 Å². The molecule has 0 saturated carbocycles. The SMILES string of the molecule is O=c1[nH]c(-n2cccn2)nc(C(F)(F)F)c1Cc1ccc(Cl)c(C(F)(F)F)c1. The van der Waals surface area contributed by atoms with Gasteiger partial charge in [0.2, 0.25) is 5.95 Å². The predicted octanol–water partition coefficient (Wildman–Crippen LogP) is 4.24. The Bertz CT molecular complexity index is 1060. The molecule has 0 aliphatic carbocycles. The molecule has 28 heavy (non-hydrogen) atoms. The van der Waals surface area contributed by atoms with E-state index in [9.17, 15) is 31.1 Å². The van der Waals surface area contributed by atoms with Gasteiger partial charge < -0.3 is 0 Å². The number of H-pyrrole nitrogens is 1. The number of rotatable bonds is 3. The normalized spacial score (nSPS) is 12.4. The number of nitrogens with zero attached hydrogens (tertiary/aromatic N) is 3. The van der Waals surface area contributed by atoms with Gasteiger partial charge in [-0.25, -0.2) is 9.67 Å². The standard InChI is InChI=1S/C16H9ClF6N4O/c17-11-3-2-8(7-10(11)15(18,19)20)6-9-12(16(21,22)23)25-14(26-13(9)28)27-5-1-4-24-27/h1-5,7H,6H2,(H,25,26,28). The van der Waals surface area contributed by atoms with Gasteiger partial charge in [0.15, 0.2) is 5.69 Å². The molecular formula is C16H9ClF6N4O. The van der Waals surface area contributed by atoms with Crippen molar-refractivity contribution in [3.05, 3.63) is 74.4 Å². The van der Waals surface area contributed by atoms with Crippen LogP contribution in [0.1, 0.15) is 22.4 Å². The summed E-state index contributed by atoms with van der Waals surface area (Å²) in [4.78, 5) is 17.8. The van der Waals surface area contributed by atoms with Crippen LogP contribution in [-0.2, 0) is 18.8 Å². The van der Waals surface area contributed by atoms with E-state index >= 15 is 0 Å². The van der Waals surface area contributed by atoms with Crippen LogP contribution in [0.25, 0.3) is 5.95 Å². The molecule has 0 saturated heterocycles. The summed E-state index contributed by atoms with van der Waals surface area (Å²) < 4.78 is 80.2. The quantitative estimate of drug-likeness (QED) is 0.642. The fraction of sp³-hybridized carbons (Fsp3) is 0.188. The first-order chi connectivity index (χ1) is 13.0. The fourth-order valence-electron chi connectivity index (χ4n) is 2.49. The monoisotopic (exact) mass is 422 g/mol. The van der Waals surface area contributed by atoms with E-state index in [0.29, 0.717) is 6.07 Å². The molecule has 2 aromatic heterocycles. The molecule has 148 valence electrons. The van der Waals surface area contributed by atoms with E-state index in [0.717, 1.165) is 16.8 Å². The summed E-state index contributed by atoms with van der Waals surface area (Å²) in [6, 6.07) is 4.03. The molecule has 3 aromatic rings. The first kappa shape index (κ1) is 19.9. The zero-order chi connectivity index (χ0) is 20.7. The van der Waals surface area contributed by atoms with Crippen LogP contribution in [0.3, 0.4) is 0 Å². The summed E-state index contributed by atoms with van der Waals surface area (Å²) in [6.07, 6.45) is -7.99. The molecule has 2 heterocycles. The topological polar surface area (TPSA) is 63.6 Å². The van der Waals surface area contributed by atoms with Crippen LogP contribution >= 0.6 is 11.6 Å². The van der Waals surface area contributed by atoms with Crippen LogP contribution in [0.2, 0.25) is 5.02 Å². The third-order valence-electron chi connectivity index (χ3n) is 3.71. The van der Waals surface area contributed by atoms with E-state index in [1.807, 2.05) is 0 Å². The van der Waals surface area contributed by atoms with Crippen LogP contribution < -0.4 is 5.56 Å². The zero-order valence-electron chi connectivity index (χ0n) is 13.6. The van der Waals surface area contributed by atoms with Gasteiger partial charge in [-0.15, -0.1) is 0 Å². The van der Waals surface area contributed by atoms with Crippen LogP contribution in [0.4, 0.5) is 26.3 Å². The number of halogens is 7. The van der Waals surface area contributed by atoms with Crippen molar-refractivity contribution in [2.45, 2.75) is 18.8 Å². The molecule has 0 aliphatic rings. The Morgan fingerprint density at radius 2 is 1.82 bits per heavy atom. The first-order valence-corrected chi connectivity index (χ1v) is 7.90. The largest absolute Gasteiger partial charge is 0.433 e. The molecule has 5 nitrogen and oxygen atoms in total. The number of hydrogen-bond donors (Lipinski definition) is 1. The van der Waals surface area contributed by atoms with Crippen LogP contribution in [-0.4, -0.2) is 19.7 Å². The molecule has 0 radical (unpaired) electrons. The highest BCUT2D eigenvalue weighted by atomic mass is 35.5. The highest BCUT2D eigenvalue weighted by Gasteiger charge is 2.38. The van der Waals surface area contributed by atoms with E-state index in [1.165, 1.54) is 18.5 Å². The number of aromatic nitrogens is 4. The molecule has 0 atom stereocenters. The summed E-state index contributed by atoms with van der Waals surface area (Å²) >= 11 is 5.51. The number of benzene rings is 1. The lowest BCUT2D eigenvalue weighted by Gasteiger charge is -2.14. The van der Waals surface area contributed by atoms with Crippen LogP contribution in [0.5, 0.6) is 0 Å². The minimum absolute atomic E-state index is 0.179. The smallest absolute Gasteiger partial charge is 0.291 e. The van der Waals surface area contributed by atoms with Gasteiger partial charge >= 0.3 is 12.4 Å². The number of nitrogens with one attached hydrogen (secondary N) is 1. The highest BCUT2D eigenvalue weighted by molar-refractivity contribution is 6.31. The number of alkyl halides is 6. The second-order valence-electron chi connectivity index (χ2n) is 5.65. The summed E-state index contributed by atoms with van der Waals surface area (Å²) in [5.74, 6) is -0.474. The van der Waals surface area contributed by atoms with E-state index < -0.39 is 52.1 Å². The number of hydrogen-bond acceptors (Lipinski definition) is 3. The van der Waals surface area contributed by atoms with E-state index in [1.54, 1.807) is 0 Å². The van der Waals surface area contributed by atoms with Gasteiger partial charge in [0.1, 0.15) is 0 Å². The maximum Gasteiger partial charge on any atom is 0.433 e. The van der Waals surface area contributed by atoms with Crippen LogP contribution in [0, 0.1) is 0 Å². The van der Waals surface area contributed by atoms with Gasteiger partial charge in [0.25, 0.3) is 5.56 Å². The second-order valence-corrected chi connectivity index (χ2v) is 6.06. The molecule has 0 unspecified atom stereocenters. The Balaban J connectivity index is 2.11. The average molecular weight is 423 g/mol. The van der Waals surface area contributed by atoms with Gasteiger partial charge in [0, 0.05) is 18.8 Å². The van der Waals surface area contributed by atoms with Crippen molar-refractivity contribution in [1.82, 2.24) is 19.7 Å². The molecular weight excluding hydrogens is 414 g/mol. The minimum Gasteiger partial charge on any atom is -0.291 e. The highest BCUT2D eigenvalue weighted by Crippen LogP contribution is 2.36. The minimum atomic E-state index is -5.01. The van der Waals surface area contributed by atoms with Gasteiger partial charge in [-0.1, -0.05) is 17.7 Å². The Hall–Kier alpha value is -2.82. The van der Waals surface area contributed by atoms with Crippen molar-refractivity contribution in [3.8, 4) is 5.95 Å². The molecule has 0 fully saturated rings. The Morgan fingerprint density at radius 3 is 2.39 bits per heavy atom. The van der Waals surface area contributed by atoms with Crippen molar-refractivity contribution in [3.63, 3.8) is 0 Å². The van der Waals surface area contributed by atoms with Crippen molar-refractivity contribution < 1.29 is 26.3 Å². The fourth-order valence-corrected chi connectivity index (χ4v) is 2.72. The molecule has 0 spiro atoms. The van der Waals surface area contributed by atoms with Gasteiger partial charge in [-0.05, 0) is 23.8 Å². The molecule has 0 bridgehead atoms. The molecule has 1 aromatic carbocycles. The third-order valence-corrected chi connectivity index (χ3v) is 4.04. The number of aromatic amines is 1. The Kier molecular flexibility index (Phi) is 4.96. The predicted molar refractivity (Wildman–Crippen MR) is 86.2 cm³/mol. The van der Waals surface area contributed by atoms with E-state index in [2.05, 4.69) is 15.1 Å². The first-order valence-electron chi connectivity index (χ1n) is 7.53. The van der Waals surface area contributed by atoms with Crippen molar-refractivity contribution in [1.29, 1.82) is 0 Å². The Labute approximate surface area is 157 Å². The average Bonchev–Trinajstić information content (AvgIpc) is 3.10. The second kappa shape index (κ2) is 6.97. The lowest BCUT2D eigenvalue weighted by atomic mass is 10.0. The van der Waals surface area contributed by atoms with E-state index in [4.69, 9.17) is 11.6 Å². The zero-order valence-corrected chi connectivity index (χ0v) is 14.3.